The Kier molecular flexibility index (Phi) is 3.66. The average molecular weight is 288 g/mol. The molecule has 1 aliphatic carbocycles. The number of carbonyl (C=O) groups is 1. The quantitative estimate of drug-likeness (QED) is 0.929. The highest BCUT2D eigenvalue weighted by Crippen LogP contribution is 2.39. The first-order valence-electron chi connectivity index (χ1n) is 7.74. The van der Waals surface area contributed by atoms with Crippen LogP contribution in [0, 0.1) is 12.8 Å². The van der Waals surface area contributed by atoms with Crippen molar-refractivity contribution in [1.82, 2.24) is 10.2 Å². The van der Waals surface area contributed by atoms with Gasteiger partial charge in [0.2, 0.25) is 5.91 Å². The zero-order valence-electron chi connectivity index (χ0n) is 13.2. The zero-order chi connectivity index (χ0) is 15.1. The number of carbonyl (C=O) groups excluding carboxylic acids is 1. The van der Waals surface area contributed by atoms with E-state index in [2.05, 4.69) is 29.3 Å². The summed E-state index contributed by atoms with van der Waals surface area (Å²) in [4.78, 5) is 14.5. The normalized spacial score (nSPS) is 32.2. The molecule has 0 bridgehead atoms. The topological polar surface area (TPSA) is 41.6 Å². The fourth-order valence-electron chi connectivity index (χ4n) is 3.55. The molecule has 1 saturated heterocycles. The maximum atomic E-state index is 12.5. The van der Waals surface area contributed by atoms with E-state index in [0.29, 0.717) is 6.04 Å². The molecule has 0 spiro atoms. The molecular formula is C17H24N2O2. The summed E-state index contributed by atoms with van der Waals surface area (Å²) >= 11 is 0. The van der Waals surface area contributed by atoms with E-state index in [-0.39, 0.29) is 18.1 Å². The van der Waals surface area contributed by atoms with Crippen LogP contribution < -0.4 is 10.1 Å². The van der Waals surface area contributed by atoms with Crippen LogP contribution in [0.2, 0.25) is 0 Å². The van der Waals surface area contributed by atoms with Crippen LogP contribution in [0.25, 0.3) is 0 Å². The second kappa shape index (κ2) is 5.34. The van der Waals surface area contributed by atoms with Crippen LogP contribution in [0.1, 0.15) is 44.0 Å². The first-order chi connectivity index (χ1) is 10.0. The summed E-state index contributed by atoms with van der Waals surface area (Å²) in [6.45, 7) is 6.24. The minimum atomic E-state index is -0.103. The van der Waals surface area contributed by atoms with Gasteiger partial charge in [-0.25, -0.2) is 0 Å². The summed E-state index contributed by atoms with van der Waals surface area (Å²) in [6.07, 6.45) is 2.23. The van der Waals surface area contributed by atoms with Crippen molar-refractivity contribution in [3.63, 3.8) is 0 Å². The Morgan fingerprint density at radius 3 is 2.57 bits per heavy atom. The summed E-state index contributed by atoms with van der Waals surface area (Å²) in [6, 6.07) is 6.45. The van der Waals surface area contributed by atoms with Crippen LogP contribution in [0.5, 0.6) is 5.75 Å². The van der Waals surface area contributed by atoms with Crippen molar-refractivity contribution in [2.75, 3.05) is 7.11 Å². The van der Waals surface area contributed by atoms with Gasteiger partial charge in [-0.15, -0.1) is 0 Å². The summed E-state index contributed by atoms with van der Waals surface area (Å²) < 4.78 is 5.32. The molecule has 1 N–H and O–H groups in total. The largest absolute Gasteiger partial charge is 0.496 e. The molecule has 2 unspecified atom stereocenters. The van der Waals surface area contributed by atoms with Crippen molar-refractivity contribution in [3.05, 3.63) is 29.3 Å². The lowest BCUT2D eigenvalue weighted by atomic mass is 9.80. The summed E-state index contributed by atoms with van der Waals surface area (Å²) in [5, 5.41) is 3.43. The third-order valence-electron chi connectivity index (χ3n) is 4.79. The van der Waals surface area contributed by atoms with E-state index in [1.807, 2.05) is 19.9 Å². The van der Waals surface area contributed by atoms with Gasteiger partial charge in [-0.05, 0) is 55.9 Å². The van der Waals surface area contributed by atoms with Crippen LogP contribution >= 0.6 is 0 Å². The maximum absolute atomic E-state index is 12.5. The molecule has 3 rings (SSSR count). The molecule has 21 heavy (non-hydrogen) atoms. The predicted octanol–water partition coefficient (Wildman–Crippen LogP) is 2.62. The Balaban J connectivity index is 1.88. The van der Waals surface area contributed by atoms with E-state index >= 15 is 0 Å². The molecule has 0 aromatic heterocycles. The Labute approximate surface area is 126 Å². The highest BCUT2D eigenvalue weighted by atomic mass is 16.5. The molecule has 114 valence electrons. The smallest absolute Gasteiger partial charge is 0.241 e. The number of hydrogen-bond acceptors (Lipinski definition) is 3. The minimum absolute atomic E-state index is 0.00499. The molecule has 1 amide bonds. The van der Waals surface area contributed by atoms with Crippen molar-refractivity contribution < 1.29 is 9.53 Å². The first kappa shape index (κ1) is 14.4. The Morgan fingerprint density at radius 2 is 2.00 bits per heavy atom. The van der Waals surface area contributed by atoms with Crippen LogP contribution in [0.4, 0.5) is 0 Å². The van der Waals surface area contributed by atoms with Gasteiger partial charge in [0.15, 0.2) is 0 Å². The lowest BCUT2D eigenvalue weighted by Crippen LogP contribution is -2.47. The molecule has 4 heteroatoms. The average Bonchev–Trinajstić information content (AvgIpc) is 2.71. The SMILES string of the molecule is COc1ccc(C2NC(C)C(=O)N2C2CC(C)C2)cc1C. The van der Waals surface area contributed by atoms with Crippen LogP contribution in [0.3, 0.4) is 0 Å². The van der Waals surface area contributed by atoms with Gasteiger partial charge in [-0.3, -0.25) is 10.1 Å². The molecule has 1 aromatic carbocycles. The van der Waals surface area contributed by atoms with Crippen molar-refractivity contribution >= 4 is 5.91 Å². The number of methoxy groups -OCH3 is 1. The van der Waals surface area contributed by atoms with Gasteiger partial charge in [-0.1, -0.05) is 13.0 Å². The lowest BCUT2D eigenvalue weighted by molar-refractivity contribution is -0.134. The molecular weight excluding hydrogens is 264 g/mol. The molecule has 1 heterocycles. The number of hydrogen-bond donors (Lipinski definition) is 1. The van der Waals surface area contributed by atoms with E-state index in [4.69, 9.17) is 4.74 Å². The fourth-order valence-corrected chi connectivity index (χ4v) is 3.55. The van der Waals surface area contributed by atoms with Gasteiger partial charge in [0.1, 0.15) is 11.9 Å². The molecule has 2 fully saturated rings. The Hall–Kier alpha value is -1.55. The second-order valence-electron chi connectivity index (χ2n) is 6.50. The predicted molar refractivity (Wildman–Crippen MR) is 82.1 cm³/mol. The number of benzene rings is 1. The number of nitrogens with zero attached hydrogens (tertiary/aromatic N) is 1. The molecule has 1 saturated carbocycles. The number of rotatable bonds is 3. The highest BCUT2D eigenvalue weighted by Gasteiger charge is 2.44. The van der Waals surface area contributed by atoms with Crippen molar-refractivity contribution in [1.29, 1.82) is 0 Å². The summed E-state index contributed by atoms with van der Waals surface area (Å²) in [7, 11) is 1.68. The van der Waals surface area contributed by atoms with Crippen molar-refractivity contribution in [3.8, 4) is 5.75 Å². The van der Waals surface area contributed by atoms with Gasteiger partial charge in [0.05, 0.1) is 13.2 Å². The van der Waals surface area contributed by atoms with Gasteiger partial charge in [0, 0.05) is 6.04 Å². The molecule has 4 nitrogen and oxygen atoms in total. The summed E-state index contributed by atoms with van der Waals surface area (Å²) in [5.41, 5.74) is 2.25. The van der Waals surface area contributed by atoms with Gasteiger partial charge in [-0.2, -0.15) is 0 Å². The minimum Gasteiger partial charge on any atom is -0.496 e. The number of nitrogens with one attached hydrogen (secondary N) is 1. The number of aryl methyl sites for hydroxylation is 1. The lowest BCUT2D eigenvalue weighted by Gasteiger charge is -2.42. The third-order valence-corrected chi connectivity index (χ3v) is 4.79. The van der Waals surface area contributed by atoms with Crippen molar-refractivity contribution in [2.45, 2.75) is 51.9 Å². The monoisotopic (exact) mass is 288 g/mol. The summed E-state index contributed by atoms with van der Waals surface area (Å²) in [5.74, 6) is 1.85. The molecule has 2 aliphatic rings. The maximum Gasteiger partial charge on any atom is 0.241 e. The Bertz CT molecular complexity index is 552. The van der Waals surface area contributed by atoms with E-state index in [1.165, 1.54) is 0 Å². The van der Waals surface area contributed by atoms with E-state index < -0.39 is 0 Å². The fraction of sp³-hybridized carbons (Fsp3) is 0.588. The number of amides is 1. The van der Waals surface area contributed by atoms with Crippen LogP contribution in [-0.2, 0) is 4.79 Å². The van der Waals surface area contributed by atoms with Gasteiger partial charge in [0.25, 0.3) is 0 Å². The molecule has 0 radical (unpaired) electrons. The van der Waals surface area contributed by atoms with Crippen molar-refractivity contribution in [2.24, 2.45) is 5.92 Å². The number of ether oxygens (including phenoxy) is 1. The highest BCUT2D eigenvalue weighted by molar-refractivity contribution is 5.84. The second-order valence-corrected chi connectivity index (χ2v) is 6.50. The molecule has 1 aliphatic heterocycles. The van der Waals surface area contributed by atoms with E-state index in [9.17, 15) is 4.79 Å². The Morgan fingerprint density at radius 1 is 1.29 bits per heavy atom. The standard InChI is InChI=1S/C17H24N2O2/c1-10-7-14(8-10)19-16(18-12(3)17(19)20)13-5-6-15(21-4)11(2)9-13/h5-6,9-10,12,14,16,18H,7-8H2,1-4H3. The first-order valence-corrected chi connectivity index (χ1v) is 7.74. The molecule has 1 aromatic rings. The van der Waals surface area contributed by atoms with Gasteiger partial charge >= 0.3 is 0 Å². The van der Waals surface area contributed by atoms with Gasteiger partial charge < -0.3 is 9.64 Å². The molecule has 2 atom stereocenters. The van der Waals surface area contributed by atoms with Crippen LogP contribution in [-0.4, -0.2) is 30.0 Å². The zero-order valence-corrected chi connectivity index (χ0v) is 13.2. The van der Waals surface area contributed by atoms with Crippen LogP contribution in [0.15, 0.2) is 18.2 Å². The third kappa shape index (κ3) is 2.42. The van der Waals surface area contributed by atoms with E-state index in [1.54, 1.807) is 7.11 Å². The van der Waals surface area contributed by atoms with E-state index in [0.717, 1.165) is 35.6 Å².